The zero-order chi connectivity index (χ0) is 12.0. The Bertz CT molecular complexity index is 337. The maximum absolute atomic E-state index is 8.65. The number of hydrogen-bond acceptors (Lipinski definition) is 3. The summed E-state index contributed by atoms with van der Waals surface area (Å²) in [5.41, 5.74) is 3.77. The summed E-state index contributed by atoms with van der Waals surface area (Å²) in [4.78, 5) is 0. The third kappa shape index (κ3) is 3.51. The molecule has 0 aliphatic carbocycles. The normalized spacial score (nSPS) is 10.5. The van der Waals surface area contributed by atoms with Crippen LogP contribution in [0.15, 0.2) is 12.1 Å². The van der Waals surface area contributed by atoms with Gasteiger partial charge in [0.15, 0.2) is 0 Å². The van der Waals surface area contributed by atoms with E-state index < -0.39 is 0 Å². The molecule has 0 aliphatic rings. The standard InChI is InChI=1S/C13H21NO2/c1-10-9-13(16-3)11(2)8-12(10)4-5-14-6-7-15/h8-9,14-15H,4-7H2,1-3H3. The van der Waals surface area contributed by atoms with E-state index in [9.17, 15) is 0 Å². The van der Waals surface area contributed by atoms with E-state index in [1.54, 1.807) is 7.11 Å². The maximum Gasteiger partial charge on any atom is 0.122 e. The van der Waals surface area contributed by atoms with E-state index in [0.29, 0.717) is 6.54 Å². The van der Waals surface area contributed by atoms with Gasteiger partial charge in [0.1, 0.15) is 5.75 Å². The zero-order valence-corrected chi connectivity index (χ0v) is 10.3. The molecule has 0 bridgehead atoms. The van der Waals surface area contributed by atoms with Crippen LogP contribution in [0.5, 0.6) is 5.75 Å². The fourth-order valence-corrected chi connectivity index (χ4v) is 1.77. The van der Waals surface area contributed by atoms with Crippen LogP contribution in [0.25, 0.3) is 0 Å². The topological polar surface area (TPSA) is 41.5 Å². The molecule has 0 radical (unpaired) electrons. The number of rotatable bonds is 6. The minimum Gasteiger partial charge on any atom is -0.496 e. The average Bonchev–Trinajstić information content (AvgIpc) is 2.28. The molecule has 0 heterocycles. The lowest BCUT2D eigenvalue weighted by Crippen LogP contribution is -2.21. The fourth-order valence-electron chi connectivity index (χ4n) is 1.77. The summed E-state index contributed by atoms with van der Waals surface area (Å²) >= 11 is 0. The Morgan fingerprint density at radius 1 is 1.19 bits per heavy atom. The Morgan fingerprint density at radius 2 is 1.94 bits per heavy atom. The van der Waals surface area contributed by atoms with Crippen LogP contribution < -0.4 is 10.1 Å². The minimum absolute atomic E-state index is 0.195. The number of aliphatic hydroxyl groups excluding tert-OH is 1. The lowest BCUT2D eigenvalue weighted by atomic mass is 10.0. The molecule has 0 aromatic heterocycles. The molecule has 16 heavy (non-hydrogen) atoms. The number of aryl methyl sites for hydroxylation is 2. The molecule has 2 N–H and O–H groups in total. The molecule has 0 saturated carbocycles. The van der Waals surface area contributed by atoms with Crippen molar-refractivity contribution >= 4 is 0 Å². The second-order valence-electron chi connectivity index (χ2n) is 3.97. The highest BCUT2D eigenvalue weighted by atomic mass is 16.5. The van der Waals surface area contributed by atoms with Gasteiger partial charge in [0, 0.05) is 6.54 Å². The van der Waals surface area contributed by atoms with Gasteiger partial charge in [0.05, 0.1) is 13.7 Å². The van der Waals surface area contributed by atoms with Gasteiger partial charge in [-0.15, -0.1) is 0 Å². The molecule has 1 rings (SSSR count). The van der Waals surface area contributed by atoms with Gasteiger partial charge in [-0.2, -0.15) is 0 Å². The zero-order valence-electron chi connectivity index (χ0n) is 10.3. The van der Waals surface area contributed by atoms with Crippen molar-refractivity contribution in [2.24, 2.45) is 0 Å². The predicted molar refractivity (Wildman–Crippen MR) is 66.1 cm³/mol. The van der Waals surface area contributed by atoms with E-state index in [1.807, 2.05) is 0 Å². The quantitative estimate of drug-likeness (QED) is 0.717. The molecule has 0 unspecified atom stereocenters. The Kier molecular flexibility index (Phi) is 5.29. The highest BCUT2D eigenvalue weighted by Gasteiger charge is 2.04. The van der Waals surface area contributed by atoms with Gasteiger partial charge >= 0.3 is 0 Å². The summed E-state index contributed by atoms with van der Waals surface area (Å²) < 4.78 is 5.28. The van der Waals surface area contributed by atoms with Gasteiger partial charge in [0.2, 0.25) is 0 Å². The number of ether oxygens (including phenoxy) is 1. The molecule has 3 heteroatoms. The van der Waals surface area contributed by atoms with Crippen molar-refractivity contribution in [3.63, 3.8) is 0 Å². The summed E-state index contributed by atoms with van der Waals surface area (Å²) in [5.74, 6) is 0.949. The highest BCUT2D eigenvalue weighted by Crippen LogP contribution is 2.22. The third-order valence-electron chi connectivity index (χ3n) is 2.71. The van der Waals surface area contributed by atoms with Gasteiger partial charge in [-0.1, -0.05) is 6.07 Å². The summed E-state index contributed by atoms with van der Waals surface area (Å²) in [7, 11) is 1.70. The Hall–Kier alpha value is -1.06. The van der Waals surface area contributed by atoms with Gasteiger partial charge in [-0.05, 0) is 49.6 Å². The molecule has 0 amide bonds. The second kappa shape index (κ2) is 6.51. The van der Waals surface area contributed by atoms with Crippen molar-refractivity contribution in [2.45, 2.75) is 20.3 Å². The van der Waals surface area contributed by atoms with Crippen LogP contribution in [0.1, 0.15) is 16.7 Å². The molecule has 90 valence electrons. The largest absolute Gasteiger partial charge is 0.496 e. The molecular weight excluding hydrogens is 202 g/mol. The first-order valence-corrected chi connectivity index (χ1v) is 5.64. The van der Waals surface area contributed by atoms with Gasteiger partial charge < -0.3 is 15.2 Å². The maximum atomic E-state index is 8.65. The summed E-state index contributed by atoms with van der Waals surface area (Å²) in [5, 5.41) is 11.8. The van der Waals surface area contributed by atoms with Crippen molar-refractivity contribution in [3.05, 3.63) is 28.8 Å². The van der Waals surface area contributed by atoms with E-state index in [2.05, 4.69) is 31.3 Å². The fraction of sp³-hybridized carbons (Fsp3) is 0.538. The van der Waals surface area contributed by atoms with Crippen LogP contribution in [0.4, 0.5) is 0 Å². The smallest absolute Gasteiger partial charge is 0.122 e. The van der Waals surface area contributed by atoms with Crippen molar-refractivity contribution in [3.8, 4) is 5.75 Å². The van der Waals surface area contributed by atoms with Crippen molar-refractivity contribution in [2.75, 3.05) is 26.8 Å². The number of hydrogen-bond donors (Lipinski definition) is 2. The number of methoxy groups -OCH3 is 1. The van der Waals surface area contributed by atoms with Gasteiger partial charge in [0.25, 0.3) is 0 Å². The first kappa shape index (κ1) is 13.0. The lowest BCUT2D eigenvalue weighted by molar-refractivity contribution is 0.293. The van der Waals surface area contributed by atoms with Crippen LogP contribution in [0.3, 0.4) is 0 Å². The summed E-state index contributed by atoms with van der Waals surface area (Å²) in [6.45, 7) is 5.91. The van der Waals surface area contributed by atoms with E-state index in [-0.39, 0.29) is 6.61 Å². The first-order chi connectivity index (χ1) is 7.69. The molecular formula is C13H21NO2. The molecule has 1 aromatic carbocycles. The highest BCUT2D eigenvalue weighted by molar-refractivity contribution is 5.41. The van der Waals surface area contributed by atoms with Gasteiger partial charge in [-0.25, -0.2) is 0 Å². The second-order valence-corrected chi connectivity index (χ2v) is 3.97. The first-order valence-electron chi connectivity index (χ1n) is 5.64. The lowest BCUT2D eigenvalue weighted by Gasteiger charge is -2.11. The van der Waals surface area contributed by atoms with Crippen LogP contribution in [0, 0.1) is 13.8 Å². The van der Waals surface area contributed by atoms with E-state index >= 15 is 0 Å². The van der Waals surface area contributed by atoms with E-state index in [1.165, 1.54) is 16.7 Å². The number of aliphatic hydroxyl groups is 1. The molecule has 0 spiro atoms. The molecule has 0 aliphatic heterocycles. The minimum atomic E-state index is 0.195. The molecule has 0 atom stereocenters. The Balaban J connectivity index is 2.63. The molecule has 3 nitrogen and oxygen atoms in total. The summed E-state index contributed by atoms with van der Waals surface area (Å²) in [6, 6.07) is 4.26. The molecule has 1 aromatic rings. The molecule has 0 saturated heterocycles. The number of benzene rings is 1. The van der Waals surface area contributed by atoms with E-state index in [4.69, 9.17) is 9.84 Å². The monoisotopic (exact) mass is 223 g/mol. The van der Waals surface area contributed by atoms with Crippen LogP contribution >= 0.6 is 0 Å². The average molecular weight is 223 g/mol. The van der Waals surface area contributed by atoms with Crippen molar-refractivity contribution in [1.29, 1.82) is 0 Å². The Morgan fingerprint density at radius 3 is 2.56 bits per heavy atom. The predicted octanol–water partition coefficient (Wildman–Crippen LogP) is 1.44. The van der Waals surface area contributed by atoms with Crippen molar-refractivity contribution in [1.82, 2.24) is 5.32 Å². The Labute approximate surface area is 97.4 Å². The molecule has 0 fully saturated rings. The van der Waals surface area contributed by atoms with Crippen LogP contribution in [0.2, 0.25) is 0 Å². The van der Waals surface area contributed by atoms with Crippen LogP contribution in [-0.2, 0) is 6.42 Å². The van der Waals surface area contributed by atoms with Crippen LogP contribution in [-0.4, -0.2) is 31.9 Å². The number of nitrogens with one attached hydrogen (secondary N) is 1. The SMILES string of the molecule is COc1cc(C)c(CCNCCO)cc1C. The summed E-state index contributed by atoms with van der Waals surface area (Å²) in [6.07, 6.45) is 0.983. The van der Waals surface area contributed by atoms with E-state index in [0.717, 1.165) is 18.7 Å². The third-order valence-corrected chi connectivity index (χ3v) is 2.71. The van der Waals surface area contributed by atoms with Gasteiger partial charge in [-0.3, -0.25) is 0 Å². The van der Waals surface area contributed by atoms with Crippen molar-refractivity contribution < 1.29 is 9.84 Å².